The van der Waals surface area contributed by atoms with E-state index in [1.54, 1.807) is 72.8 Å². The molecule has 0 spiro atoms. The highest BCUT2D eigenvalue weighted by Crippen LogP contribution is 2.21. The Hall–Kier alpha value is -3.32. The molecule has 0 atom stereocenters. The molecule has 0 heterocycles. The summed E-state index contributed by atoms with van der Waals surface area (Å²) in [5.74, 6) is 0.344. The maximum atomic E-state index is 12.6. The van der Waals surface area contributed by atoms with Gasteiger partial charge in [-0.15, -0.1) is 0 Å². The fourth-order valence-electron chi connectivity index (χ4n) is 2.54. The molecule has 0 aromatic heterocycles. The van der Waals surface area contributed by atoms with Gasteiger partial charge in [-0.3, -0.25) is 9.62 Å². The van der Waals surface area contributed by atoms with Crippen LogP contribution in [0.1, 0.15) is 5.56 Å². The molecule has 0 saturated carbocycles. The Morgan fingerprint density at radius 1 is 0.893 bits per heavy atom. The fraction of sp³-hybridized carbons (Fsp3) is 0.0952. The Morgan fingerprint density at radius 3 is 2.07 bits per heavy atom. The summed E-state index contributed by atoms with van der Waals surface area (Å²) < 4.78 is 31.6. The average molecular weight is 396 g/mol. The fourth-order valence-corrected chi connectivity index (χ4v) is 3.79. The molecule has 0 aliphatic rings. The van der Waals surface area contributed by atoms with Gasteiger partial charge in [0.2, 0.25) is 10.0 Å². The molecule has 0 saturated heterocycles. The van der Waals surface area contributed by atoms with Gasteiger partial charge < -0.3 is 4.74 Å². The molecule has 6 nitrogen and oxygen atoms in total. The predicted molar refractivity (Wildman–Crippen MR) is 110 cm³/mol. The zero-order valence-corrected chi connectivity index (χ0v) is 16.1. The zero-order valence-electron chi connectivity index (χ0n) is 15.3. The number of benzene rings is 3. The Kier molecular flexibility index (Phi) is 5.96. The minimum absolute atomic E-state index is 0.0895. The van der Waals surface area contributed by atoms with Gasteiger partial charge in [0, 0.05) is 12.7 Å². The van der Waals surface area contributed by atoms with Crippen LogP contribution in [0.3, 0.4) is 0 Å². The van der Waals surface area contributed by atoms with Gasteiger partial charge in [-0.2, -0.15) is 0 Å². The van der Waals surface area contributed by atoms with E-state index >= 15 is 0 Å². The van der Waals surface area contributed by atoms with Crippen molar-refractivity contribution in [2.45, 2.75) is 5.75 Å². The summed E-state index contributed by atoms with van der Waals surface area (Å²) in [7, 11) is -2.02. The van der Waals surface area contributed by atoms with Gasteiger partial charge in [0.1, 0.15) is 5.75 Å². The van der Waals surface area contributed by atoms with E-state index in [-0.39, 0.29) is 5.75 Å². The van der Waals surface area contributed by atoms with Crippen molar-refractivity contribution in [2.75, 3.05) is 16.7 Å². The molecule has 0 aliphatic heterocycles. The number of anilines is 2. The molecular formula is C21H20N2O4S. The summed E-state index contributed by atoms with van der Waals surface area (Å²) in [6.07, 6.45) is -0.621. The highest BCUT2D eigenvalue weighted by molar-refractivity contribution is 7.92. The van der Waals surface area contributed by atoms with Crippen LogP contribution in [0.15, 0.2) is 84.9 Å². The van der Waals surface area contributed by atoms with Crippen molar-refractivity contribution < 1.29 is 17.9 Å². The second kappa shape index (κ2) is 8.58. The molecule has 0 radical (unpaired) electrons. The molecule has 3 aromatic carbocycles. The van der Waals surface area contributed by atoms with Gasteiger partial charge in [-0.25, -0.2) is 13.2 Å². The number of amides is 1. The number of carbonyl (C=O) groups excluding carboxylic acids is 1. The molecule has 1 amide bonds. The van der Waals surface area contributed by atoms with Gasteiger partial charge in [-0.1, -0.05) is 48.5 Å². The summed E-state index contributed by atoms with van der Waals surface area (Å²) in [6.45, 7) is 0. The van der Waals surface area contributed by atoms with Crippen LogP contribution in [0.25, 0.3) is 0 Å². The van der Waals surface area contributed by atoms with Crippen LogP contribution < -0.4 is 14.4 Å². The molecule has 0 bridgehead atoms. The summed E-state index contributed by atoms with van der Waals surface area (Å²) in [6, 6.07) is 24.2. The molecular weight excluding hydrogens is 376 g/mol. The number of hydrogen-bond acceptors (Lipinski definition) is 4. The van der Waals surface area contributed by atoms with E-state index in [1.807, 2.05) is 12.1 Å². The van der Waals surface area contributed by atoms with Crippen LogP contribution in [0.4, 0.5) is 16.2 Å². The average Bonchev–Trinajstić information content (AvgIpc) is 2.69. The van der Waals surface area contributed by atoms with Crippen molar-refractivity contribution in [1.82, 2.24) is 0 Å². The van der Waals surface area contributed by atoms with Gasteiger partial charge in [0.25, 0.3) is 0 Å². The molecule has 0 aliphatic carbocycles. The Bertz CT molecular complexity index is 1020. The molecule has 0 fully saturated rings. The normalized spacial score (nSPS) is 10.9. The largest absolute Gasteiger partial charge is 0.417 e. The quantitative estimate of drug-likeness (QED) is 0.675. The van der Waals surface area contributed by atoms with E-state index in [4.69, 9.17) is 4.74 Å². The number of sulfonamides is 1. The minimum atomic E-state index is -3.52. The van der Waals surface area contributed by atoms with Gasteiger partial charge >= 0.3 is 6.09 Å². The van der Waals surface area contributed by atoms with E-state index < -0.39 is 16.1 Å². The van der Waals surface area contributed by atoms with E-state index in [0.29, 0.717) is 17.1 Å². The summed E-state index contributed by atoms with van der Waals surface area (Å²) in [4.78, 5) is 11.9. The highest BCUT2D eigenvalue weighted by Gasteiger charge is 2.19. The molecule has 3 rings (SSSR count). The third-order valence-corrected chi connectivity index (χ3v) is 5.78. The number of ether oxygens (including phenoxy) is 1. The SMILES string of the molecule is CN(c1ccc(NC(=O)Oc2ccccc2)cc1)S(=O)(=O)Cc1ccccc1. The predicted octanol–water partition coefficient (Wildman–Crippen LogP) is 4.26. The first-order valence-corrected chi connectivity index (χ1v) is 10.2. The third-order valence-electron chi connectivity index (χ3n) is 4.04. The number of rotatable bonds is 6. The van der Waals surface area contributed by atoms with Crippen molar-refractivity contribution in [3.8, 4) is 5.75 Å². The van der Waals surface area contributed by atoms with Crippen LogP contribution in [0.2, 0.25) is 0 Å². The molecule has 0 unspecified atom stereocenters. The van der Waals surface area contributed by atoms with Crippen molar-refractivity contribution in [3.05, 3.63) is 90.5 Å². The maximum absolute atomic E-state index is 12.6. The van der Waals surface area contributed by atoms with Gasteiger partial charge in [-0.05, 0) is 42.0 Å². The smallest absolute Gasteiger partial charge is 0.410 e. The number of nitrogens with zero attached hydrogens (tertiary/aromatic N) is 1. The molecule has 3 aromatic rings. The lowest BCUT2D eigenvalue weighted by Crippen LogP contribution is -2.27. The van der Waals surface area contributed by atoms with Crippen molar-refractivity contribution in [2.24, 2.45) is 0 Å². The lowest BCUT2D eigenvalue weighted by Gasteiger charge is -2.20. The lowest BCUT2D eigenvalue weighted by atomic mass is 10.2. The topological polar surface area (TPSA) is 75.7 Å². The standard InChI is InChI=1S/C21H20N2O4S/c1-23(28(25,26)16-17-8-4-2-5-9-17)19-14-12-18(13-15-19)22-21(24)27-20-10-6-3-7-11-20/h2-15H,16H2,1H3,(H,22,24). The number of para-hydroxylation sites is 1. The second-order valence-electron chi connectivity index (χ2n) is 6.08. The van der Waals surface area contributed by atoms with Crippen LogP contribution >= 0.6 is 0 Å². The molecule has 7 heteroatoms. The van der Waals surface area contributed by atoms with Gasteiger partial charge in [0.15, 0.2) is 0 Å². The highest BCUT2D eigenvalue weighted by atomic mass is 32.2. The Morgan fingerprint density at radius 2 is 1.46 bits per heavy atom. The summed E-state index contributed by atoms with van der Waals surface area (Å²) in [5.41, 5.74) is 1.72. The first-order valence-electron chi connectivity index (χ1n) is 8.58. The van der Waals surface area contributed by atoms with Crippen molar-refractivity contribution >= 4 is 27.5 Å². The first kappa shape index (κ1) is 19.4. The Balaban J connectivity index is 1.63. The van der Waals surface area contributed by atoms with E-state index in [9.17, 15) is 13.2 Å². The van der Waals surface area contributed by atoms with Gasteiger partial charge in [0.05, 0.1) is 11.4 Å². The molecule has 28 heavy (non-hydrogen) atoms. The molecule has 1 N–H and O–H groups in total. The van der Waals surface area contributed by atoms with E-state index in [2.05, 4.69) is 5.32 Å². The number of nitrogens with one attached hydrogen (secondary N) is 1. The van der Waals surface area contributed by atoms with E-state index in [0.717, 1.165) is 5.56 Å². The first-order chi connectivity index (χ1) is 13.4. The number of carbonyl (C=O) groups is 1. The zero-order chi connectivity index (χ0) is 20.0. The van der Waals surface area contributed by atoms with Crippen LogP contribution in [-0.2, 0) is 15.8 Å². The summed E-state index contributed by atoms with van der Waals surface area (Å²) in [5, 5.41) is 2.61. The van der Waals surface area contributed by atoms with Crippen molar-refractivity contribution in [1.29, 1.82) is 0 Å². The molecule has 144 valence electrons. The summed E-state index contributed by atoms with van der Waals surface area (Å²) >= 11 is 0. The maximum Gasteiger partial charge on any atom is 0.417 e. The van der Waals surface area contributed by atoms with Crippen LogP contribution in [-0.4, -0.2) is 21.6 Å². The van der Waals surface area contributed by atoms with E-state index in [1.165, 1.54) is 11.4 Å². The third kappa shape index (κ3) is 5.11. The Labute approximate surface area is 164 Å². The number of hydrogen-bond donors (Lipinski definition) is 1. The van der Waals surface area contributed by atoms with Crippen LogP contribution in [0, 0.1) is 0 Å². The monoisotopic (exact) mass is 396 g/mol. The second-order valence-corrected chi connectivity index (χ2v) is 8.08. The van der Waals surface area contributed by atoms with Crippen LogP contribution in [0.5, 0.6) is 5.75 Å². The van der Waals surface area contributed by atoms with Crippen molar-refractivity contribution in [3.63, 3.8) is 0 Å². The minimum Gasteiger partial charge on any atom is -0.410 e. The lowest BCUT2D eigenvalue weighted by molar-refractivity contribution is 0.215.